The summed E-state index contributed by atoms with van der Waals surface area (Å²) in [4.78, 5) is 23.9. The number of ether oxygens (including phenoxy) is 2. The predicted molar refractivity (Wildman–Crippen MR) is 99.2 cm³/mol. The monoisotopic (exact) mass is 357 g/mol. The van der Waals surface area contributed by atoms with E-state index in [-0.39, 0.29) is 34.6 Å². The molecule has 1 atom stereocenters. The number of methoxy groups -OCH3 is 2. The fourth-order valence-corrected chi connectivity index (χ4v) is 2.61. The molecule has 0 aliphatic rings. The van der Waals surface area contributed by atoms with Crippen LogP contribution in [0.25, 0.3) is 0 Å². The van der Waals surface area contributed by atoms with Gasteiger partial charge in [-0.15, -0.1) is 0 Å². The highest BCUT2D eigenvalue weighted by atomic mass is 16.5. The summed E-state index contributed by atoms with van der Waals surface area (Å²) in [5.74, 6) is -1.12. The highest BCUT2D eigenvalue weighted by Gasteiger charge is 2.20. The van der Waals surface area contributed by atoms with E-state index < -0.39 is 5.97 Å². The Labute approximate surface area is 152 Å². The first-order valence-corrected chi connectivity index (χ1v) is 8.21. The third-order valence-electron chi connectivity index (χ3n) is 4.09. The van der Waals surface area contributed by atoms with Crippen molar-refractivity contribution in [3.8, 4) is 11.5 Å². The number of rotatable bonds is 7. The van der Waals surface area contributed by atoms with Crippen LogP contribution in [-0.4, -0.2) is 31.2 Å². The maximum atomic E-state index is 12.6. The van der Waals surface area contributed by atoms with Crippen LogP contribution in [0.2, 0.25) is 0 Å². The number of amides is 1. The van der Waals surface area contributed by atoms with Gasteiger partial charge in [-0.1, -0.05) is 36.8 Å². The number of nitrogens with one attached hydrogen (secondary N) is 1. The number of carbonyl (C=O) groups is 2. The van der Waals surface area contributed by atoms with Crippen molar-refractivity contribution in [2.75, 3.05) is 19.5 Å². The molecule has 0 fully saturated rings. The minimum atomic E-state index is -1.12. The number of carboxylic acid groups (broad SMARTS) is 1. The molecule has 2 aromatic carbocycles. The molecule has 2 aromatic rings. The van der Waals surface area contributed by atoms with E-state index in [1.807, 2.05) is 38.1 Å². The Bertz CT molecular complexity index is 799. The lowest BCUT2D eigenvalue weighted by Gasteiger charge is -2.17. The van der Waals surface area contributed by atoms with Gasteiger partial charge in [0.1, 0.15) is 0 Å². The molecule has 6 heteroatoms. The summed E-state index contributed by atoms with van der Waals surface area (Å²) < 4.78 is 10.5. The highest BCUT2D eigenvalue weighted by molar-refractivity contribution is 5.97. The van der Waals surface area contributed by atoms with Crippen molar-refractivity contribution in [3.63, 3.8) is 0 Å². The fourth-order valence-electron chi connectivity index (χ4n) is 2.61. The van der Waals surface area contributed by atoms with Crippen LogP contribution >= 0.6 is 0 Å². The van der Waals surface area contributed by atoms with Gasteiger partial charge in [0.25, 0.3) is 0 Å². The minimum absolute atomic E-state index is 0.00383. The predicted octanol–water partition coefficient (Wildman–Crippen LogP) is 3.53. The normalized spacial score (nSPS) is 11.5. The van der Waals surface area contributed by atoms with Crippen molar-refractivity contribution in [1.82, 2.24) is 0 Å². The van der Waals surface area contributed by atoms with Crippen LogP contribution in [0.1, 0.15) is 28.4 Å². The second kappa shape index (κ2) is 8.38. The quantitative estimate of drug-likeness (QED) is 0.792. The molecule has 138 valence electrons. The Kier molecular flexibility index (Phi) is 6.22. The van der Waals surface area contributed by atoms with Gasteiger partial charge in [-0.3, -0.25) is 4.79 Å². The second-order valence-corrected chi connectivity index (χ2v) is 6.14. The first-order chi connectivity index (χ1) is 12.3. The SMILES string of the molecule is COc1cc(C(=O)O)cc(NC(=O)C(C)Cc2ccc(C)cc2)c1OC. The molecule has 0 bridgehead atoms. The van der Waals surface area contributed by atoms with E-state index in [1.54, 1.807) is 0 Å². The Morgan fingerprint density at radius 1 is 1.12 bits per heavy atom. The van der Waals surface area contributed by atoms with Crippen molar-refractivity contribution >= 4 is 17.6 Å². The van der Waals surface area contributed by atoms with Gasteiger partial charge < -0.3 is 19.9 Å². The number of carboxylic acids is 1. The van der Waals surface area contributed by atoms with Crippen molar-refractivity contribution in [1.29, 1.82) is 0 Å². The number of hydrogen-bond donors (Lipinski definition) is 2. The van der Waals surface area contributed by atoms with Crippen LogP contribution in [0.4, 0.5) is 5.69 Å². The Morgan fingerprint density at radius 2 is 1.77 bits per heavy atom. The van der Waals surface area contributed by atoms with Gasteiger partial charge in [0.15, 0.2) is 11.5 Å². The Hall–Kier alpha value is -3.02. The molecule has 2 N–H and O–H groups in total. The van der Waals surface area contributed by atoms with Gasteiger partial charge in [0.05, 0.1) is 25.5 Å². The van der Waals surface area contributed by atoms with Gasteiger partial charge in [0, 0.05) is 5.92 Å². The summed E-state index contributed by atoms with van der Waals surface area (Å²) in [6, 6.07) is 10.7. The van der Waals surface area contributed by atoms with Crippen LogP contribution < -0.4 is 14.8 Å². The number of carbonyl (C=O) groups excluding carboxylic acids is 1. The molecule has 0 aliphatic carbocycles. The molecule has 26 heavy (non-hydrogen) atoms. The number of aromatic carboxylic acids is 1. The zero-order valence-electron chi connectivity index (χ0n) is 15.3. The van der Waals surface area contributed by atoms with E-state index in [0.717, 1.165) is 11.1 Å². The van der Waals surface area contributed by atoms with Gasteiger partial charge >= 0.3 is 5.97 Å². The molecule has 0 aromatic heterocycles. The largest absolute Gasteiger partial charge is 0.493 e. The lowest BCUT2D eigenvalue weighted by molar-refractivity contribution is -0.119. The number of anilines is 1. The van der Waals surface area contributed by atoms with Crippen LogP contribution in [0.5, 0.6) is 11.5 Å². The van der Waals surface area contributed by atoms with E-state index in [0.29, 0.717) is 6.42 Å². The number of aryl methyl sites for hydroxylation is 1. The fraction of sp³-hybridized carbons (Fsp3) is 0.300. The van der Waals surface area contributed by atoms with E-state index in [9.17, 15) is 14.7 Å². The maximum Gasteiger partial charge on any atom is 0.335 e. The van der Waals surface area contributed by atoms with E-state index >= 15 is 0 Å². The Balaban J connectivity index is 2.22. The average Bonchev–Trinajstić information content (AvgIpc) is 2.62. The molecule has 0 saturated carbocycles. The number of hydrogen-bond acceptors (Lipinski definition) is 4. The molecule has 0 radical (unpaired) electrons. The molecule has 2 rings (SSSR count). The summed E-state index contributed by atoms with van der Waals surface area (Å²) >= 11 is 0. The molecule has 0 aliphatic heterocycles. The van der Waals surface area contributed by atoms with Crippen molar-refractivity contribution in [2.24, 2.45) is 5.92 Å². The van der Waals surface area contributed by atoms with Crippen LogP contribution in [0.3, 0.4) is 0 Å². The van der Waals surface area contributed by atoms with E-state index in [4.69, 9.17) is 9.47 Å². The topological polar surface area (TPSA) is 84.9 Å². The summed E-state index contributed by atoms with van der Waals surface area (Å²) in [5.41, 5.74) is 2.49. The first kappa shape index (κ1) is 19.3. The molecular weight excluding hydrogens is 334 g/mol. The average molecular weight is 357 g/mol. The summed E-state index contributed by atoms with van der Waals surface area (Å²) in [5, 5.41) is 12.0. The molecule has 0 spiro atoms. The number of benzene rings is 2. The maximum absolute atomic E-state index is 12.6. The van der Waals surface area contributed by atoms with Crippen LogP contribution in [0, 0.1) is 12.8 Å². The lowest BCUT2D eigenvalue weighted by atomic mass is 9.99. The molecule has 0 saturated heterocycles. The second-order valence-electron chi connectivity index (χ2n) is 6.14. The van der Waals surface area contributed by atoms with E-state index in [1.165, 1.54) is 26.4 Å². The standard InChI is InChI=1S/C20H23NO5/c1-12-5-7-14(8-6-12)9-13(2)19(22)21-16-10-15(20(23)24)11-17(25-3)18(16)26-4/h5-8,10-11,13H,9H2,1-4H3,(H,21,22)(H,23,24). The summed E-state index contributed by atoms with van der Waals surface area (Å²) in [7, 11) is 2.85. The molecular formula is C20H23NO5. The third kappa shape index (κ3) is 4.53. The summed E-state index contributed by atoms with van der Waals surface area (Å²) in [6.07, 6.45) is 0.574. The van der Waals surface area contributed by atoms with Gasteiger partial charge in [-0.05, 0) is 31.0 Å². The Morgan fingerprint density at radius 3 is 2.31 bits per heavy atom. The van der Waals surface area contributed by atoms with Gasteiger partial charge in [0.2, 0.25) is 5.91 Å². The van der Waals surface area contributed by atoms with E-state index in [2.05, 4.69) is 5.32 Å². The van der Waals surface area contributed by atoms with Crippen LogP contribution in [0.15, 0.2) is 36.4 Å². The van der Waals surface area contributed by atoms with Crippen LogP contribution in [-0.2, 0) is 11.2 Å². The smallest absolute Gasteiger partial charge is 0.335 e. The minimum Gasteiger partial charge on any atom is -0.493 e. The molecule has 0 heterocycles. The first-order valence-electron chi connectivity index (χ1n) is 8.21. The zero-order valence-corrected chi connectivity index (χ0v) is 15.3. The lowest BCUT2D eigenvalue weighted by Crippen LogP contribution is -2.22. The molecule has 6 nitrogen and oxygen atoms in total. The van der Waals surface area contributed by atoms with Gasteiger partial charge in [-0.2, -0.15) is 0 Å². The van der Waals surface area contributed by atoms with Crippen molar-refractivity contribution < 1.29 is 24.2 Å². The van der Waals surface area contributed by atoms with Crippen molar-refractivity contribution in [3.05, 3.63) is 53.1 Å². The van der Waals surface area contributed by atoms with Crippen molar-refractivity contribution in [2.45, 2.75) is 20.3 Å². The third-order valence-corrected chi connectivity index (χ3v) is 4.09. The highest BCUT2D eigenvalue weighted by Crippen LogP contribution is 2.37. The zero-order chi connectivity index (χ0) is 19.3. The molecule has 1 unspecified atom stereocenters. The molecule has 1 amide bonds. The van der Waals surface area contributed by atoms with Gasteiger partial charge in [-0.25, -0.2) is 4.79 Å². The summed E-state index contributed by atoms with van der Waals surface area (Å²) in [6.45, 7) is 3.83.